The highest BCUT2D eigenvalue weighted by Gasteiger charge is 2.37. The van der Waals surface area contributed by atoms with E-state index in [2.05, 4.69) is 37.9 Å². The smallest absolute Gasteiger partial charge is 0.116 e. The molecule has 2 aliphatic heterocycles. The van der Waals surface area contributed by atoms with Gasteiger partial charge in [-0.05, 0) is 45.2 Å². The van der Waals surface area contributed by atoms with E-state index in [9.17, 15) is 0 Å². The first kappa shape index (κ1) is 14.3. The molecule has 2 heterocycles. The molecule has 106 valence electrons. The van der Waals surface area contributed by atoms with Crippen LogP contribution in [0.1, 0.15) is 47.0 Å². The van der Waals surface area contributed by atoms with Crippen LogP contribution in [-0.2, 0) is 4.74 Å². The first-order chi connectivity index (χ1) is 8.42. The third kappa shape index (κ3) is 3.69. The Morgan fingerprint density at radius 2 is 2.11 bits per heavy atom. The summed E-state index contributed by atoms with van der Waals surface area (Å²) in [6.45, 7) is 14.7. The van der Waals surface area contributed by atoms with Gasteiger partial charge in [0.25, 0.3) is 0 Å². The molecule has 0 aliphatic carbocycles. The Morgan fingerprint density at radius 3 is 2.72 bits per heavy atom. The van der Waals surface area contributed by atoms with Gasteiger partial charge in [0.1, 0.15) is 5.72 Å². The van der Waals surface area contributed by atoms with Crippen molar-refractivity contribution < 1.29 is 4.74 Å². The Morgan fingerprint density at radius 1 is 1.33 bits per heavy atom. The second-order valence-corrected chi connectivity index (χ2v) is 7.14. The number of likely N-dealkylation sites (tertiary alicyclic amines) is 1. The largest absolute Gasteiger partial charge is 0.360 e. The van der Waals surface area contributed by atoms with Crippen molar-refractivity contribution in [3.05, 3.63) is 0 Å². The van der Waals surface area contributed by atoms with Gasteiger partial charge in [-0.2, -0.15) is 0 Å². The average Bonchev–Trinajstić information content (AvgIpc) is 2.34. The maximum atomic E-state index is 6.12. The standard InChI is InChI=1S/C15H30N2O/c1-5-17-8-6-7-13(10-17)9-15(4)16-11-14(2,3)12-18-15/h13,16H,5-12H2,1-4H3. The molecule has 0 saturated carbocycles. The average molecular weight is 254 g/mol. The first-order valence-corrected chi connectivity index (χ1v) is 7.54. The fourth-order valence-corrected chi connectivity index (χ4v) is 3.17. The van der Waals surface area contributed by atoms with Gasteiger partial charge in [0, 0.05) is 18.5 Å². The normalized spacial score (nSPS) is 37.7. The van der Waals surface area contributed by atoms with E-state index >= 15 is 0 Å². The van der Waals surface area contributed by atoms with Gasteiger partial charge in [-0.15, -0.1) is 0 Å². The van der Waals surface area contributed by atoms with E-state index in [1.165, 1.54) is 32.5 Å². The molecule has 2 saturated heterocycles. The maximum Gasteiger partial charge on any atom is 0.116 e. The van der Waals surface area contributed by atoms with Gasteiger partial charge >= 0.3 is 0 Å². The van der Waals surface area contributed by atoms with E-state index in [0.717, 1.165) is 25.5 Å². The van der Waals surface area contributed by atoms with E-state index in [1.54, 1.807) is 0 Å². The molecule has 3 heteroatoms. The molecule has 2 rings (SSSR count). The van der Waals surface area contributed by atoms with Crippen LogP contribution < -0.4 is 5.32 Å². The summed E-state index contributed by atoms with van der Waals surface area (Å²) < 4.78 is 6.12. The minimum absolute atomic E-state index is 0.100. The molecule has 0 bridgehead atoms. The molecule has 0 amide bonds. The second-order valence-electron chi connectivity index (χ2n) is 7.14. The number of piperidine rings is 1. The van der Waals surface area contributed by atoms with Crippen LogP contribution in [0.25, 0.3) is 0 Å². The number of nitrogens with zero attached hydrogens (tertiary/aromatic N) is 1. The van der Waals surface area contributed by atoms with Crippen LogP contribution in [0, 0.1) is 11.3 Å². The minimum atomic E-state index is -0.100. The molecular formula is C15H30N2O. The zero-order valence-electron chi connectivity index (χ0n) is 12.6. The molecule has 0 aromatic carbocycles. The van der Waals surface area contributed by atoms with Crippen molar-refractivity contribution in [2.75, 3.05) is 32.8 Å². The molecule has 3 nitrogen and oxygen atoms in total. The predicted octanol–water partition coefficient (Wildman–Crippen LogP) is 2.47. The topological polar surface area (TPSA) is 24.5 Å². The molecule has 1 N–H and O–H groups in total. The number of rotatable bonds is 3. The summed E-state index contributed by atoms with van der Waals surface area (Å²) in [5.41, 5.74) is 0.179. The monoisotopic (exact) mass is 254 g/mol. The Hall–Kier alpha value is -0.120. The maximum absolute atomic E-state index is 6.12. The fraction of sp³-hybridized carbons (Fsp3) is 1.00. The van der Waals surface area contributed by atoms with E-state index in [1.807, 2.05) is 0 Å². The molecule has 18 heavy (non-hydrogen) atoms. The summed E-state index contributed by atoms with van der Waals surface area (Å²) in [4.78, 5) is 2.57. The Kier molecular flexibility index (Phi) is 4.35. The SMILES string of the molecule is CCN1CCCC(CC2(C)NCC(C)(C)CO2)C1. The van der Waals surface area contributed by atoms with Gasteiger partial charge in [-0.3, -0.25) is 5.32 Å². The van der Waals surface area contributed by atoms with Crippen molar-refractivity contribution in [1.82, 2.24) is 10.2 Å². The lowest BCUT2D eigenvalue weighted by atomic mass is 9.86. The van der Waals surface area contributed by atoms with Gasteiger partial charge in [0.05, 0.1) is 6.61 Å². The lowest BCUT2D eigenvalue weighted by Gasteiger charge is -2.45. The predicted molar refractivity (Wildman–Crippen MR) is 75.6 cm³/mol. The van der Waals surface area contributed by atoms with Crippen LogP contribution in [0.4, 0.5) is 0 Å². The quantitative estimate of drug-likeness (QED) is 0.837. The Labute approximate surface area is 112 Å². The van der Waals surface area contributed by atoms with E-state index in [-0.39, 0.29) is 11.1 Å². The summed E-state index contributed by atoms with van der Waals surface area (Å²) in [6, 6.07) is 0. The van der Waals surface area contributed by atoms with E-state index < -0.39 is 0 Å². The van der Waals surface area contributed by atoms with Crippen LogP contribution in [0.2, 0.25) is 0 Å². The number of ether oxygens (including phenoxy) is 1. The van der Waals surface area contributed by atoms with Gasteiger partial charge in [-0.25, -0.2) is 0 Å². The number of hydrogen-bond donors (Lipinski definition) is 1. The highest BCUT2D eigenvalue weighted by molar-refractivity contribution is 4.87. The molecule has 2 aliphatic rings. The van der Waals surface area contributed by atoms with Crippen LogP contribution in [0.5, 0.6) is 0 Å². The van der Waals surface area contributed by atoms with Crippen molar-refractivity contribution >= 4 is 0 Å². The Bertz CT molecular complexity index is 268. The lowest BCUT2D eigenvalue weighted by molar-refractivity contribution is -0.139. The molecule has 0 aromatic heterocycles. The molecule has 0 radical (unpaired) electrons. The molecular weight excluding hydrogens is 224 g/mol. The van der Waals surface area contributed by atoms with Gasteiger partial charge < -0.3 is 9.64 Å². The zero-order valence-corrected chi connectivity index (χ0v) is 12.6. The van der Waals surface area contributed by atoms with Crippen molar-refractivity contribution in [2.45, 2.75) is 52.7 Å². The van der Waals surface area contributed by atoms with Crippen molar-refractivity contribution in [3.63, 3.8) is 0 Å². The summed E-state index contributed by atoms with van der Waals surface area (Å²) in [6.07, 6.45) is 3.86. The second kappa shape index (κ2) is 5.48. The molecule has 0 spiro atoms. The highest BCUT2D eigenvalue weighted by Crippen LogP contribution is 2.31. The fourth-order valence-electron chi connectivity index (χ4n) is 3.17. The number of nitrogens with one attached hydrogen (secondary N) is 1. The lowest BCUT2D eigenvalue weighted by Crippen LogP contribution is -2.57. The highest BCUT2D eigenvalue weighted by atomic mass is 16.5. The Balaban J connectivity index is 1.85. The van der Waals surface area contributed by atoms with Crippen LogP contribution in [-0.4, -0.2) is 43.4 Å². The third-order valence-corrected chi connectivity index (χ3v) is 4.45. The van der Waals surface area contributed by atoms with Crippen molar-refractivity contribution in [1.29, 1.82) is 0 Å². The molecule has 2 atom stereocenters. The minimum Gasteiger partial charge on any atom is -0.360 e. The first-order valence-electron chi connectivity index (χ1n) is 7.54. The van der Waals surface area contributed by atoms with Crippen LogP contribution >= 0.6 is 0 Å². The molecule has 0 aromatic rings. The van der Waals surface area contributed by atoms with Crippen LogP contribution in [0.3, 0.4) is 0 Å². The van der Waals surface area contributed by atoms with Gasteiger partial charge in [0.15, 0.2) is 0 Å². The summed E-state index contributed by atoms with van der Waals surface area (Å²) in [7, 11) is 0. The summed E-state index contributed by atoms with van der Waals surface area (Å²) >= 11 is 0. The summed E-state index contributed by atoms with van der Waals surface area (Å²) in [5, 5.41) is 3.63. The number of hydrogen-bond acceptors (Lipinski definition) is 3. The zero-order chi connectivity index (χ0) is 13.2. The third-order valence-electron chi connectivity index (χ3n) is 4.45. The van der Waals surface area contributed by atoms with Gasteiger partial charge in [0.2, 0.25) is 0 Å². The van der Waals surface area contributed by atoms with E-state index in [4.69, 9.17) is 4.74 Å². The molecule has 2 fully saturated rings. The summed E-state index contributed by atoms with van der Waals surface area (Å²) in [5.74, 6) is 0.789. The van der Waals surface area contributed by atoms with Crippen molar-refractivity contribution in [2.24, 2.45) is 11.3 Å². The van der Waals surface area contributed by atoms with E-state index in [0.29, 0.717) is 0 Å². The van der Waals surface area contributed by atoms with Gasteiger partial charge in [-0.1, -0.05) is 20.8 Å². The molecule has 2 unspecified atom stereocenters. The van der Waals surface area contributed by atoms with Crippen LogP contribution in [0.15, 0.2) is 0 Å². The van der Waals surface area contributed by atoms with Crippen molar-refractivity contribution in [3.8, 4) is 0 Å².